The number of rotatable bonds is 2. The van der Waals surface area contributed by atoms with Gasteiger partial charge in [-0.15, -0.1) is 0 Å². The van der Waals surface area contributed by atoms with Crippen molar-refractivity contribution in [2.75, 3.05) is 42.5 Å². The number of halogens is 2. The highest BCUT2D eigenvalue weighted by atomic mass is 35.5. The Hall–Kier alpha value is -1.20. The minimum atomic E-state index is -0.494. The van der Waals surface area contributed by atoms with E-state index in [0.29, 0.717) is 17.4 Å². The lowest BCUT2D eigenvalue weighted by Crippen LogP contribution is -2.35. The second-order valence-electron chi connectivity index (χ2n) is 5.66. The average molecular weight is 299 g/mol. The summed E-state index contributed by atoms with van der Waals surface area (Å²) in [5, 5.41) is -0.0289. The summed E-state index contributed by atoms with van der Waals surface area (Å²) in [4.78, 5) is 4.49. The van der Waals surface area contributed by atoms with E-state index in [9.17, 15) is 4.39 Å². The van der Waals surface area contributed by atoms with Gasteiger partial charge in [0.15, 0.2) is 5.82 Å². The van der Waals surface area contributed by atoms with Crippen LogP contribution in [0, 0.1) is 5.82 Å². The molecule has 2 aliphatic heterocycles. The molecule has 0 saturated carbocycles. The highest BCUT2D eigenvalue weighted by molar-refractivity contribution is 6.33. The van der Waals surface area contributed by atoms with Crippen molar-refractivity contribution < 1.29 is 4.39 Å². The summed E-state index contributed by atoms with van der Waals surface area (Å²) in [5.41, 5.74) is 12.5. The first-order chi connectivity index (χ1) is 9.58. The lowest BCUT2D eigenvalue weighted by Gasteiger charge is -2.25. The smallest absolute Gasteiger partial charge is 0.169 e. The molecule has 3 rings (SSSR count). The molecule has 4 N–H and O–H groups in total. The summed E-state index contributed by atoms with van der Waals surface area (Å²) in [7, 11) is 0. The van der Waals surface area contributed by atoms with Crippen LogP contribution < -0.4 is 16.4 Å². The van der Waals surface area contributed by atoms with Crippen LogP contribution in [-0.4, -0.2) is 37.1 Å². The van der Waals surface area contributed by atoms with Gasteiger partial charge in [-0.05, 0) is 38.4 Å². The van der Waals surface area contributed by atoms with Crippen LogP contribution in [0.5, 0.6) is 0 Å². The maximum Gasteiger partial charge on any atom is 0.169 e. The van der Waals surface area contributed by atoms with E-state index in [0.717, 1.165) is 32.6 Å². The number of likely N-dealkylation sites (tertiary alicyclic amines) is 1. The molecule has 2 saturated heterocycles. The monoisotopic (exact) mass is 298 g/mol. The lowest BCUT2D eigenvalue weighted by atomic mass is 10.2. The average Bonchev–Trinajstić information content (AvgIpc) is 3.06. The van der Waals surface area contributed by atoms with Crippen molar-refractivity contribution in [3.63, 3.8) is 0 Å². The number of nitrogens with zero attached hydrogens (tertiary/aromatic N) is 2. The molecule has 0 spiro atoms. The quantitative estimate of drug-likeness (QED) is 0.823. The molecule has 0 bridgehead atoms. The van der Waals surface area contributed by atoms with E-state index in [1.54, 1.807) is 6.07 Å². The zero-order valence-electron chi connectivity index (χ0n) is 11.4. The molecule has 110 valence electrons. The molecule has 20 heavy (non-hydrogen) atoms. The van der Waals surface area contributed by atoms with Gasteiger partial charge in [-0.2, -0.15) is 0 Å². The van der Waals surface area contributed by atoms with Crippen LogP contribution in [0.2, 0.25) is 5.02 Å². The van der Waals surface area contributed by atoms with E-state index in [1.165, 1.54) is 12.8 Å². The maximum atomic E-state index is 14.3. The third-order valence-electron chi connectivity index (χ3n) is 4.38. The Labute approximate surface area is 123 Å². The molecule has 2 aliphatic rings. The van der Waals surface area contributed by atoms with Crippen LogP contribution >= 0.6 is 11.6 Å². The van der Waals surface area contributed by atoms with Gasteiger partial charge in [0, 0.05) is 19.1 Å². The number of nitrogen functional groups attached to an aromatic ring is 2. The largest absolute Gasteiger partial charge is 0.397 e. The maximum absolute atomic E-state index is 14.3. The SMILES string of the molecule is Nc1cc(N)c(N2CCC(N3CCCC3)C2)c(F)c1Cl. The normalized spacial score (nSPS) is 23.7. The third kappa shape index (κ3) is 2.29. The fourth-order valence-corrected chi connectivity index (χ4v) is 3.47. The highest BCUT2D eigenvalue weighted by Crippen LogP contribution is 2.38. The molecular weight excluding hydrogens is 279 g/mol. The van der Waals surface area contributed by atoms with Gasteiger partial charge in [-0.3, -0.25) is 4.90 Å². The van der Waals surface area contributed by atoms with E-state index in [1.807, 2.05) is 4.90 Å². The number of benzene rings is 1. The zero-order chi connectivity index (χ0) is 14.3. The fourth-order valence-electron chi connectivity index (χ4n) is 3.33. The van der Waals surface area contributed by atoms with Crippen molar-refractivity contribution in [2.24, 2.45) is 0 Å². The predicted molar refractivity (Wildman–Crippen MR) is 81.7 cm³/mol. The molecule has 1 aromatic carbocycles. The standard InChI is InChI=1S/C14H20ClFN4/c15-12-10(17)7-11(18)14(13(12)16)20-6-3-9(8-20)19-4-1-2-5-19/h7,9H,1-6,8,17-18H2. The van der Waals surface area contributed by atoms with Gasteiger partial charge < -0.3 is 16.4 Å². The summed E-state index contributed by atoms with van der Waals surface area (Å²) in [6.45, 7) is 3.92. The molecule has 0 aliphatic carbocycles. The van der Waals surface area contributed by atoms with Crippen molar-refractivity contribution in [2.45, 2.75) is 25.3 Å². The van der Waals surface area contributed by atoms with E-state index in [4.69, 9.17) is 23.1 Å². The van der Waals surface area contributed by atoms with Crippen LogP contribution in [0.3, 0.4) is 0 Å². The van der Waals surface area contributed by atoms with Crippen molar-refractivity contribution >= 4 is 28.7 Å². The number of anilines is 3. The molecule has 4 nitrogen and oxygen atoms in total. The summed E-state index contributed by atoms with van der Waals surface area (Å²) in [5.74, 6) is -0.494. The van der Waals surface area contributed by atoms with Gasteiger partial charge in [0.1, 0.15) is 5.02 Å². The first kappa shape index (κ1) is 13.8. The van der Waals surface area contributed by atoms with Gasteiger partial charge in [0.05, 0.1) is 17.1 Å². The Morgan fingerprint density at radius 3 is 2.55 bits per heavy atom. The van der Waals surface area contributed by atoms with E-state index in [-0.39, 0.29) is 10.7 Å². The lowest BCUT2D eigenvalue weighted by molar-refractivity contribution is 0.260. The first-order valence-corrected chi connectivity index (χ1v) is 7.47. The van der Waals surface area contributed by atoms with Crippen molar-refractivity contribution in [1.29, 1.82) is 0 Å². The minimum Gasteiger partial charge on any atom is -0.397 e. The van der Waals surface area contributed by atoms with E-state index < -0.39 is 5.82 Å². The van der Waals surface area contributed by atoms with Crippen LogP contribution in [0.4, 0.5) is 21.5 Å². The van der Waals surface area contributed by atoms with Gasteiger partial charge in [-0.25, -0.2) is 4.39 Å². The Morgan fingerprint density at radius 1 is 1.15 bits per heavy atom. The van der Waals surface area contributed by atoms with Gasteiger partial charge in [0.25, 0.3) is 0 Å². The van der Waals surface area contributed by atoms with Crippen molar-refractivity contribution in [3.05, 3.63) is 16.9 Å². The topological polar surface area (TPSA) is 58.5 Å². The van der Waals surface area contributed by atoms with Crippen LogP contribution in [0.25, 0.3) is 0 Å². The second kappa shape index (κ2) is 5.30. The molecule has 1 aromatic rings. The van der Waals surface area contributed by atoms with Crippen molar-refractivity contribution in [3.8, 4) is 0 Å². The molecule has 2 fully saturated rings. The first-order valence-electron chi connectivity index (χ1n) is 7.10. The predicted octanol–water partition coefficient (Wildman–Crippen LogP) is 2.32. The number of hydrogen-bond donors (Lipinski definition) is 2. The van der Waals surface area contributed by atoms with Gasteiger partial charge in [0.2, 0.25) is 0 Å². The molecule has 0 aromatic heterocycles. The number of nitrogens with two attached hydrogens (primary N) is 2. The highest BCUT2D eigenvalue weighted by Gasteiger charge is 2.32. The second-order valence-corrected chi connectivity index (χ2v) is 6.04. The minimum absolute atomic E-state index is 0.0289. The molecule has 1 unspecified atom stereocenters. The Morgan fingerprint density at radius 2 is 1.85 bits per heavy atom. The summed E-state index contributed by atoms with van der Waals surface area (Å²) in [6, 6.07) is 2.04. The molecular formula is C14H20ClFN4. The Kier molecular flexibility index (Phi) is 3.65. The molecule has 0 radical (unpaired) electrons. The van der Waals surface area contributed by atoms with Crippen LogP contribution in [-0.2, 0) is 0 Å². The molecule has 2 heterocycles. The Balaban J connectivity index is 1.82. The van der Waals surface area contributed by atoms with Gasteiger partial charge in [-0.1, -0.05) is 11.6 Å². The van der Waals surface area contributed by atoms with Gasteiger partial charge >= 0.3 is 0 Å². The van der Waals surface area contributed by atoms with Crippen molar-refractivity contribution in [1.82, 2.24) is 4.90 Å². The van der Waals surface area contributed by atoms with Crippen LogP contribution in [0.1, 0.15) is 19.3 Å². The molecule has 0 amide bonds. The fraction of sp³-hybridized carbons (Fsp3) is 0.571. The van der Waals surface area contributed by atoms with E-state index >= 15 is 0 Å². The molecule has 1 atom stereocenters. The van der Waals surface area contributed by atoms with Crippen LogP contribution in [0.15, 0.2) is 6.07 Å². The van der Waals surface area contributed by atoms with E-state index in [2.05, 4.69) is 4.90 Å². The Bertz CT molecular complexity index is 516. The summed E-state index contributed by atoms with van der Waals surface area (Å²) < 4.78 is 14.3. The molecule has 6 heteroatoms. The number of hydrogen-bond acceptors (Lipinski definition) is 4. The summed E-state index contributed by atoms with van der Waals surface area (Å²) in [6.07, 6.45) is 3.57. The summed E-state index contributed by atoms with van der Waals surface area (Å²) >= 11 is 5.90. The zero-order valence-corrected chi connectivity index (χ0v) is 12.2. The third-order valence-corrected chi connectivity index (χ3v) is 4.76.